The van der Waals surface area contributed by atoms with Crippen LogP contribution >= 0.6 is 0 Å². The molecule has 0 spiro atoms. The molecule has 2 unspecified atom stereocenters. The predicted molar refractivity (Wildman–Crippen MR) is 76.8 cm³/mol. The number of rotatable bonds is 5. The van der Waals surface area contributed by atoms with Crippen LogP contribution in [0.3, 0.4) is 0 Å². The van der Waals surface area contributed by atoms with E-state index in [1.165, 1.54) is 6.92 Å². The molecule has 0 aromatic rings. The lowest BCUT2D eigenvalue weighted by atomic mass is 10.1. The highest BCUT2D eigenvalue weighted by Gasteiger charge is 2.31. The van der Waals surface area contributed by atoms with Gasteiger partial charge in [0.25, 0.3) is 0 Å². The van der Waals surface area contributed by atoms with Crippen molar-refractivity contribution >= 4 is 15.7 Å². The molecule has 0 aliphatic carbocycles. The van der Waals surface area contributed by atoms with Crippen molar-refractivity contribution in [2.45, 2.75) is 38.0 Å². The van der Waals surface area contributed by atoms with Gasteiger partial charge in [-0.15, -0.1) is 0 Å². The van der Waals surface area contributed by atoms with Gasteiger partial charge < -0.3 is 4.90 Å². The average Bonchev–Trinajstić information content (AvgIpc) is 2.42. The van der Waals surface area contributed by atoms with E-state index in [1.807, 2.05) is 6.92 Å². The van der Waals surface area contributed by atoms with Gasteiger partial charge in [0, 0.05) is 32.4 Å². The van der Waals surface area contributed by atoms with Crippen LogP contribution in [0.5, 0.6) is 0 Å². The Hall–Kier alpha value is -1.13. The van der Waals surface area contributed by atoms with Crippen molar-refractivity contribution in [3.05, 3.63) is 0 Å². The quantitative estimate of drug-likeness (QED) is 0.727. The minimum Gasteiger partial charge on any atom is -0.339 e. The molecule has 1 aliphatic rings. The molecule has 20 heavy (non-hydrogen) atoms. The Balaban J connectivity index is 2.58. The Bertz CT molecular complexity index is 476. The van der Waals surface area contributed by atoms with Gasteiger partial charge in [0.1, 0.15) is 5.25 Å². The van der Waals surface area contributed by atoms with Crippen LogP contribution in [0.4, 0.5) is 0 Å². The molecule has 1 amide bonds. The van der Waals surface area contributed by atoms with Crippen LogP contribution in [-0.4, -0.2) is 67.9 Å². The van der Waals surface area contributed by atoms with E-state index in [9.17, 15) is 13.2 Å². The van der Waals surface area contributed by atoms with Crippen LogP contribution in [0.1, 0.15) is 26.7 Å². The van der Waals surface area contributed by atoms with Crippen LogP contribution in [0.2, 0.25) is 0 Å². The van der Waals surface area contributed by atoms with Crippen molar-refractivity contribution in [1.82, 2.24) is 9.80 Å². The number of nitrogens with zero attached hydrogens (tertiary/aromatic N) is 3. The summed E-state index contributed by atoms with van der Waals surface area (Å²) >= 11 is 0. The molecule has 1 heterocycles. The van der Waals surface area contributed by atoms with E-state index in [1.54, 1.807) is 4.90 Å². The molecule has 0 radical (unpaired) electrons. The van der Waals surface area contributed by atoms with Crippen LogP contribution in [-0.2, 0) is 14.6 Å². The predicted octanol–water partition coefficient (Wildman–Crippen LogP) is 0.256. The minimum absolute atomic E-state index is 0.107. The molecule has 1 rings (SSSR count). The standard InChI is InChI=1S/C13H23N3O3S/c1-4-5-12(10-14)15-6-8-16(9-7-15)13(17)11(2)20(3,18)19/h11-12H,4-9H2,1-3H3. The second-order valence-electron chi connectivity index (χ2n) is 5.27. The summed E-state index contributed by atoms with van der Waals surface area (Å²) in [6.45, 7) is 5.69. The van der Waals surface area contributed by atoms with Crippen molar-refractivity contribution in [3.8, 4) is 6.07 Å². The first-order valence-corrected chi connectivity index (χ1v) is 8.88. The minimum atomic E-state index is -3.35. The summed E-state index contributed by atoms with van der Waals surface area (Å²) in [5.41, 5.74) is 0. The molecule has 0 N–H and O–H groups in total. The monoisotopic (exact) mass is 301 g/mol. The molecule has 114 valence electrons. The highest BCUT2D eigenvalue weighted by atomic mass is 32.2. The Kier molecular flexibility index (Phi) is 5.96. The summed E-state index contributed by atoms with van der Waals surface area (Å²) < 4.78 is 22.8. The van der Waals surface area contributed by atoms with Gasteiger partial charge in [0.05, 0.1) is 12.1 Å². The molecular formula is C13H23N3O3S. The zero-order valence-corrected chi connectivity index (χ0v) is 13.2. The number of carbonyl (C=O) groups excluding carboxylic acids is 1. The molecule has 1 saturated heterocycles. The topological polar surface area (TPSA) is 81.5 Å². The third-order valence-electron chi connectivity index (χ3n) is 3.77. The van der Waals surface area contributed by atoms with Crippen molar-refractivity contribution in [2.24, 2.45) is 0 Å². The van der Waals surface area contributed by atoms with Crippen LogP contribution in [0, 0.1) is 11.3 Å². The number of hydrogen-bond acceptors (Lipinski definition) is 5. The number of amides is 1. The maximum Gasteiger partial charge on any atom is 0.240 e. The maximum absolute atomic E-state index is 12.1. The van der Waals surface area contributed by atoms with E-state index in [-0.39, 0.29) is 11.9 Å². The molecule has 0 aromatic heterocycles. The summed E-state index contributed by atoms with van der Waals surface area (Å²) in [5, 5.41) is 8.14. The summed E-state index contributed by atoms with van der Waals surface area (Å²) in [4.78, 5) is 15.7. The average molecular weight is 301 g/mol. The SMILES string of the molecule is CCCC(C#N)N1CCN(C(=O)C(C)S(C)(=O)=O)CC1. The van der Waals surface area contributed by atoms with Gasteiger partial charge in [-0.2, -0.15) is 5.26 Å². The van der Waals surface area contributed by atoms with Gasteiger partial charge in [-0.3, -0.25) is 9.69 Å². The van der Waals surface area contributed by atoms with Crippen molar-refractivity contribution in [1.29, 1.82) is 5.26 Å². The number of hydrogen-bond donors (Lipinski definition) is 0. The first-order valence-electron chi connectivity index (χ1n) is 6.92. The second kappa shape index (κ2) is 7.04. The van der Waals surface area contributed by atoms with Gasteiger partial charge in [-0.1, -0.05) is 13.3 Å². The number of sulfone groups is 1. The smallest absolute Gasteiger partial charge is 0.240 e. The van der Waals surface area contributed by atoms with Crippen LogP contribution in [0.15, 0.2) is 0 Å². The molecule has 0 aromatic carbocycles. The summed E-state index contributed by atoms with van der Waals surface area (Å²) in [5.74, 6) is -0.337. The lowest BCUT2D eigenvalue weighted by Crippen LogP contribution is -2.54. The van der Waals surface area contributed by atoms with Crippen molar-refractivity contribution in [3.63, 3.8) is 0 Å². The Morgan fingerprint density at radius 2 is 1.85 bits per heavy atom. The lowest BCUT2D eigenvalue weighted by Gasteiger charge is -2.37. The fourth-order valence-corrected chi connectivity index (χ4v) is 2.81. The van der Waals surface area contributed by atoms with Crippen LogP contribution < -0.4 is 0 Å². The van der Waals surface area contributed by atoms with E-state index in [0.29, 0.717) is 26.2 Å². The third kappa shape index (κ3) is 4.18. The third-order valence-corrected chi connectivity index (χ3v) is 5.25. The van der Waals surface area contributed by atoms with Gasteiger partial charge in [0.2, 0.25) is 5.91 Å². The zero-order chi connectivity index (χ0) is 15.3. The fourth-order valence-electron chi connectivity index (χ4n) is 2.30. The van der Waals surface area contributed by atoms with Gasteiger partial charge in [-0.05, 0) is 13.3 Å². The van der Waals surface area contributed by atoms with E-state index in [0.717, 1.165) is 19.1 Å². The molecule has 0 bridgehead atoms. The maximum atomic E-state index is 12.1. The fraction of sp³-hybridized carbons (Fsp3) is 0.846. The zero-order valence-electron chi connectivity index (χ0n) is 12.4. The van der Waals surface area contributed by atoms with Gasteiger partial charge in [0.15, 0.2) is 9.84 Å². The first-order chi connectivity index (χ1) is 9.31. The van der Waals surface area contributed by atoms with E-state index < -0.39 is 15.1 Å². The normalized spacial score (nSPS) is 20.2. The largest absolute Gasteiger partial charge is 0.339 e. The number of nitriles is 1. The van der Waals surface area contributed by atoms with Crippen molar-refractivity contribution < 1.29 is 13.2 Å². The molecule has 0 saturated carbocycles. The van der Waals surface area contributed by atoms with Gasteiger partial charge >= 0.3 is 0 Å². The summed E-state index contributed by atoms with van der Waals surface area (Å²) in [7, 11) is -3.35. The van der Waals surface area contributed by atoms with Gasteiger partial charge in [-0.25, -0.2) is 8.42 Å². The van der Waals surface area contributed by atoms with Crippen LogP contribution in [0.25, 0.3) is 0 Å². The summed E-state index contributed by atoms with van der Waals surface area (Å²) in [6, 6.07) is 2.18. The number of piperazine rings is 1. The molecule has 7 heteroatoms. The highest BCUT2D eigenvalue weighted by Crippen LogP contribution is 2.13. The second-order valence-corrected chi connectivity index (χ2v) is 7.63. The Morgan fingerprint density at radius 1 is 1.30 bits per heavy atom. The Labute approximate surface area is 121 Å². The molecule has 1 fully saturated rings. The van der Waals surface area contributed by atoms with E-state index in [4.69, 9.17) is 5.26 Å². The highest BCUT2D eigenvalue weighted by molar-refractivity contribution is 7.92. The lowest BCUT2D eigenvalue weighted by molar-refractivity contribution is -0.132. The molecule has 2 atom stereocenters. The van der Waals surface area contributed by atoms with E-state index in [2.05, 4.69) is 11.0 Å². The summed E-state index contributed by atoms with van der Waals surface area (Å²) in [6.07, 6.45) is 2.85. The molecule has 6 nitrogen and oxygen atoms in total. The van der Waals surface area contributed by atoms with E-state index >= 15 is 0 Å². The molecule has 1 aliphatic heterocycles. The van der Waals surface area contributed by atoms with Crippen molar-refractivity contribution in [2.75, 3.05) is 32.4 Å². The number of carbonyl (C=O) groups is 1. The Morgan fingerprint density at radius 3 is 2.25 bits per heavy atom. The molecular weight excluding hydrogens is 278 g/mol. The first kappa shape index (κ1) is 16.9.